The first-order chi connectivity index (χ1) is 11.8. The Hall–Kier alpha value is -0.187. The Morgan fingerprint density at radius 3 is 1.88 bits per heavy atom. The van der Waals surface area contributed by atoms with Crippen LogP contribution in [0.15, 0.2) is 42.9 Å². The summed E-state index contributed by atoms with van der Waals surface area (Å²) >= 11 is -0.382. The van der Waals surface area contributed by atoms with E-state index in [2.05, 4.69) is 92.8 Å². The third-order valence-electron chi connectivity index (χ3n) is 6.12. The van der Waals surface area contributed by atoms with Crippen LogP contribution in [0.5, 0.6) is 0 Å². The fraction of sp³-hybridized carbons (Fsp3) is 0.625. The zero-order valence-corrected chi connectivity index (χ0v) is 21.3. The molecule has 140 valence electrons. The summed E-state index contributed by atoms with van der Waals surface area (Å²) < 4.78 is 3.54. The first kappa shape index (κ1) is 22.1. The monoisotopic (exact) mass is 378 g/mol. The molecular formula is C24H38MgSi. The number of allylic oxidation sites excluding steroid dienone is 8. The molecule has 0 spiro atoms. The summed E-state index contributed by atoms with van der Waals surface area (Å²) in [6.45, 7) is 23.8. The predicted molar refractivity (Wildman–Crippen MR) is 122 cm³/mol. The van der Waals surface area contributed by atoms with Gasteiger partial charge in [0, 0.05) is 8.41 Å². The van der Waals surface area contributed by atoms with E-state index in [1.165, 1.54) is 6.42 Å². The van der Waals surface area contributed by atoms with Crippen LogP contribution in [0, 0.1) is 22.7 Å². The molecule has 2 aliphatic rings. The van der Waals surface area contributed by atoms with Crippen LogP contribution >= 0.6 is 0 Å². The van der Waals surface area contributed by atoms with Crippen LogP contribution in [0.3, 0.4) is 0 Å². The van der Waals surface area contributed by atoms with E-state index in [-0.39, 0.29) is 39.6 Å². The average molecular weight is 379 g/mol. The maximum Gasteiger partial charge on any atom is 0.439 e. The van der Waals surface area contributed by atoms with E-state index in [1.54, 1.807) is 23.7 Å². The van der Waals surface area contributed by atoms with Gasteiger partial charge in [0.05, 0.1) is 0 Å². The lowest BCUT2D eigenvalue weighted by molar-refractivity contribution is 0.516. The standard InChI is InChI=1S/C13H21Si.C11H17.Mg/c1-10(14(5)6)11-7-8-12(9-11)13(2,3)4;1-5-9-6-7-10(8-9)11(2,3)4;/h8-9,11H,1-6H3;7-9H,5H2,1-4H3;. The minimum atomic E-state index is -0.382. The van der Waals surface area contributed by atoms with Gasteiger partial charge in [0.25, 0.3) is 0 Å². The summed E-state index contributed by atoms with van der Waals surface area (Å²) in [4.78, 5) is 0. The molecular weight excluding hydrogens is 341 g/mol. The molecule has 2 heteroatoms. The Labute approximate surface area is 173 Å². The Kier molecular flexibility index (Phi) is 6.84. The van der Waals surface area contributed by atoms with Crippen molar-refractivity contribution in [3.63, 3.8) is 0 Å². The van der Waals surface area contributed by atoms with Crippen molar-refractivity contribution in [2.24, 2.45) is 22.7 Å². The quantitative estimate of drug-likeness (QED) is 0.483. The van der Waals surface area contributed by atoms with E-state index in [1.807, 2.05) is 0 Å². The van der Waals surface area contributed by atoms with Gasteiger partial charge in [-0.25, -0.2) is 0 Å². The molecule has 2 atom stereocenters. The molecule has 0 radical (unpaired) electrons. The highest BCUT2D eigenvalue weighted by Gasteiger charge is 2.31. The van der Waals surface area contributed by atoms with Crippen molar-refractivity contribution < 1.29 is 0 Å². The van der Waals surface area contributed by atoms with E-state index in [9.17, 15) is 0 Å². The van der Waals surface area contributed by atoms with Crippen molar-refractivity contribution in [2.75, 3.05) is 0 Å². The zero-order valence-electron chi connectivity index (χ0n) is 18.9. The highest BCUT2D eigenvalue weighted by molar-refractivity contribution is 6.70. The Morgan fingerprint density at radius 2 is 1.42 bits per heavy atom. The van der Waals surface area contributed by atoms with E-state index < -0.39 is 0 Å². The molecule has 26 heavy (non-hydrogen) atoms. The van der Waals surface area contributed by atoms with E-state index in [0.29, 0.717) is 11.8 Å². The molecule has 0 fully saturated rings. The van der Waals surface area contributed by atoms with Crippen LogP contribution in [0.4, 0.5) is 0 Å². The van der Waals surface area contributed by atoms with E-state index >= 15 is 0 Å². The molecule has 2 rings (SSSR count). The van der Waals surface area contributed by atoms with Gasteiger partial charge in [-0.05, 0) is 47.2 Å². The van der Waals surface area contributed by atoms with Crippen molar-refractivity contribution in [2.45, 2.75) is 74.9 Å². The van der Waals surface area contributed by atoms with Gasteiger partial charge in [-0.3, -0.25) is 0 Å². The number of rotatable bonds is 4. The van der Waals surface area contributed by atoms with Crippen molar-refractivity contribution >= 4 is 33.9 Å². The van der Waals surface area contributed by atoms with Gasteiger partial charge in [-0.1, -0.05) is 91.0 Å². The molecule has 2 unspecified atom stereocenters. The minimum absolute atomic E-state index is 0.256. The molecule has 0 nitrogen and oxygen atoms in total. The van der Waals surface area contributed by atoms with Gasteiger partial charge in [0.1, 0.15) is 0 Å². The average Bonchev–Trinajstić information content (AvgIpc) is 3.10. The summed E-state index contributed by atoms with van der Waals surface area (Å²) in [5.41, 5.74) is 3.64. The lowest BCUT2D eigenvalue weighted by Crippen LogP contribution is -2.21. The van der Waals surface area contributed by atoms with E-state index in [0.717, 1.165) is 0 Å². The van der Waals surface area contributed by atoms with Gasteiger partial charge < -0.3 is 0 Å². The summed E-state index contributed by atoms with van der Waals surface area (Å²) in [7, 11) is -0.360. The SMILES string of the molecule is CCC1C=C(C(C)(C)C)C=[C]1[Mg][C]1=CC(C(C)(C)C)=CC1C(C)=[Si](C)C. The van der Waals surface area contributed by atoms with Gasteiger partial charge in [0.2, 0.25) is 0 Å². The zero-order chi connectivity index (χ0) is 19.9. The lowest BCUT2D eigenvalue weighted by atomic mass is 9.87. The van der Waals surface area contributed by atoms with Crippen LogP contribution in [0.1, 0.15) is 61.8 Å². The molecule has 0 heterocycles. The van der Waals surface area contributed by atoms with E-state index in [4.69, 9.17) is 0 Å². The second-order valence-corrected chi connectivity index (χ2v) is 15.3. The summed E-state index contributed by atoms with van der Waals surface area (Å²) in [5, 5.41) is 1.74. The minimum Gasteiger partial charge on any atom is -0.179 e. The van der Waals surface area contributed by atoms with Crippen molar-refractivity contribution in [1.82, 2.24) is 0 Å². The summed E-state index contributed by atoms with van der Waals surface area (Å²) in [6.07, 6.45) is 11.6. The first-order valence-electron chi connectivity index (χ1n) is 10.3. The molecule has 0 bridgehead atoms. The smallest absolute Gasteiger partial charge is 0.179 e. The fourth-order valence-corrected chi connectivity index (χ4v) is 7.43. The van der Waals surface area contributed by atoms with Crippen molar-refractivity contribution in [3.05, 3.63) is 42.9 Å². The topological polar surface area (TPSA) is 0 Å². The Morgan fingerprint density at radius 1 is 0.923 bits per heavy atom. The number of hydrogen-bond donors (Lipinski definition) is 0. The van der Waals surface area contributed by atoms with Crippen LogP contribution in [0.25, 0.3) is 0 Å². The van der Waals surface area contributed by atoms with Crippen molar-refractivity contribution in [3.8, 4) is 0 Å². The first-order valence-corrected chi connectivity index (χ1v) is 14.3. The molecule has 0 aromatic heterocycles. The maximum atomic E-state index is 2.60. The third kappa shape index (κ3) is 4.99. The highest BCUT2D eigenvalue weighted by atomic mass is 28.2. The molecule has 0 saturated heterocycles. The second-order valence-electron chi connectivity index (χ2n) is 10.5. The predicted octanol–water partition coefficient (Wildman–Crippen LogP) is 6.60. The third-order valence-corrected chi connectivity index (χ3v) is 10.2. The van der Waals surface area contributed by atoms with Crippen LogP contribution in [0.2, 0.25) is 13.1 Å². The van der Waals surface area contributed by atoms with Gasteiger partial charge in [-0.2, -0.15) is 7.40 Å². The maximum absolute atomic E-state index is 2.60. The molecule has 0 amide bonds. The van der Waals surface area contributed by atoms with Gasteiger partial charge in [-0.15, -0.1) is 0 Å². The van der Waals surface area contributed by atoms with Crippen LogP contribution in [-0.2, 0) is 0 Å². The van der Waals surface area contributed by atoms with Crippen molar-refractivity contribution in [1.29, 1.82) is 0 Å². The Balaban J connectivity index is 2.36. The normalized spacial score (nSPS) is 23.2. The molecule has 0 aromatic rings. The molecule has 0 saturated carbocycles. The molecule has 0 aromatic carbocycles. The largest absolute Gasteiger partial charge is 0.439 e. The summed E-state index contributed by atoms with van der Waals surface area (Å²) in [6, 6.07) is 0. The van der Waals surface area contributed by atoms with Gasteiger partial charge >= 0.3 is 20.4 Å². The molecule has 2 aliphatic carbocycles. The van der Waals surface area contributed by atoms with Crippen LogP contribution < -0.4 is 0 Å². The second kappa shape index (κ2) is 8.05. The lowest BCUT2D eigenvalue weighted by Gasteiger charge is -2.20. The number of hydrogen-bond acceptors (Lipinski definition) is 0. The van der Waals surface area contributed by atoms with Crippen LogP contribution in [-0.4, -0.2) is 33.9 Å². The highest BCUT2D eigenvalue weighted by Crippen LogP contribution is 2.40. The summed E-state index contributed by atoms with van der Waals surface area (Å²) in [5.74, 6) is 1.31. The Bertz CT molecular complexity index is 710. The molecule has 0 N–H and O–H groups in total. The van der Waals surface area contributed by atoms with Gasteiger partial charge in [0.15, 0.2) is 0 Å². The fourth-order valence-electron chi connectivity index (χ4n) is 3.91. The molecule has 0 aliphatic heterocycles.